The average molecular weight is 914 g/mol. The molecule has 0 amide bonds. The molecular weight excluding hydrogens is 866 g/mol. The van der Waals surface area contributed by atoms with Crippen molar-refractivity contribution in [1.29, 1.82) is 0 Å². The number of aromatic nitrogens is 3. The van der Waals surface area contributed by atoms with Crippen molar-refractivity contribution >= 4 is 21.9 Å². The van der Waals surface area contributed by atoms with Gasteiger partial charge in [-0.3, -0.25) is 4.98 Å². The Kier molecular flexibility index (Phi) is 10.2. The fourth-order valence-corrected chi connectivity index (χ4v) is 7.70. The van der Waals surface area contributed by atoms with Gasteiger partial charge in [-0.1, -0.05) is 144 Å². The van der Waals surface area contributed by atoms with Gasteiger partial charge in [-0.05, 0) is 82.1 Å². The van der Waals surface area contributed by atoms with Crippen LogP contribution >= 0.6 is 0 Å². The minimum atomic E-state index is -0.550. The summed E-state index contributed by atoms with van der Waals surface area (Å²) in [4.78, 5) is 10.4. The standard InChI is InChI=1S/C51H48N3O.Pt/c1-49(2,3)39-24-25-45(55)43(31-39)48-53-47-41(34-19-15-20-35(27-34)42-32-40(50(4,5)6)28-36-21-16-26-52-46(36)42)29-37(33-17-11-9-12-18-33)30-44(47)54(48)51(7,8)38-22-13-10-14-23-38;/h9-26,28-32,55H,1-8H3;/q-1;. The van der Waals surface area contributed by atoms with Gasteiger partial charge in [0.1, 0.15) is 11.6 Å². The van der Waals surface area contributed by atoms with E-state index in [9.17, 15) is 5.11 Å². The van der Waals surface area contributed by atoms with Gasteiger partial charge in [0.05, 0.1) is 22.1 Å². The molecule has 4 nitrogen and oxygen atoms in total. The van der Waals surface area contributed by atoms with Crippen LogP contribution in [0.3, 0.4) is 0 Å². The minimum Gasteiger partial charge on any atom is -0.507 e. The maximum absolute atomic E-state index is 11.6. The van der Waals surface area contributed by atoms with E-state index in [0.717, 1.165) is 66.4 Å². The first kappa shape index (κ1) is 38.9. The first-order valence-electron chi connectivity index (χ1n) is 19.1. The molecule has 0 saturated heterocycles. The summed E-state index contributed by atoms with van der Waals surface area (Å²) < 4.78 is 2.32. The van der Waals surface area contributed by atoms with Gasteiger partial charge in [0, 0.05) is 32.8 Å². The molecule has 0 aliphatic rings. The first-order valence-corrected chi connectivity index (χ1v) is 19.1. The van der Waals surface area contributed by atoms with Crippen molar-refractivity contribution in [2.24, 2.45) is 0 Å². The molecule has 6 aromatic carbocycles. The Labute approximate surface area is 345 Å². The topological polar surface area (TPSA) is 50.9 Å². The molecule has 5 heteroatoms. The van der Waals surface area contributed by atoms with Crippen LogP contribution in [-0.2, 0) is 37.4 Å². The Bertz CT molecular complexity index is 2700. The van der Waals surface area contributed by atoms with Crippen molar-refractivity contribution in [1.82, 2.24) is 14.5 Å². The number of rotatable bonds is 6. The van der Waals surface area contributed by atoms with Gasteiger partial charge in [-0.25, -0.2) is 4.98 Å². The Morgan fingerprint density at radius 1 is 0.536 bits per heavy atom. The predicted molar refractivity (Wildman–Crippen MR) is 230 cm³/mol. The third-order valence-electron chi connectivity index (χ3n) is 11.0. The number of fused-ring (bicyclic) bond motifs is 2. The molecule has 2 heterocycles. The molecule has 2 aromatic heterocycles. The number of imidazole rings is 1. The molecule has 0 bridgehead atoms. The molecule has 0 radical (unpaired) electrons. The Balaban J connectivity index is 0.00000480. The van der Waals surface area contributed by atoms with Crippen molar-refractivity contribution in [3.63, 3.8) is 0 Å². The van der Waals surface area contributed by atoms with Crippen LogP contribution in [0.2, 0.25) is 0 Å². The fourth-order valence-electron chi connectivity index (χ4n) is 7.70. The summed E-state index contributed by atoms with van der Waals surface area (Å²) in [5, 5.41) is 12.7. The van der Waals surface area contributed by atoms with Crippen LogP contribution in [0.1, 0.15) is 72.1 Å². The van der Waals surface area contributed by atoms with Gasteiger partial charge in [-0.2, -0.15) is 0 Å². The third kappa shape index (κ3) is 7.12. The summed E-state index contributed by atoms with van der Waals surface area (Å²) in [7, 11) is 0. The second-order valence-electron chi connectivity index (χ2n) is 17.3. The fraction of sp³-hybridized carbons (Fsp3) is 0.216. The van der Waals surface area contributed by atoms with Gasteiger partial charge in [0.15, 0.2) is 0 Å². The zero-order chi connectivity index (χ0) is 38.7. The summed E-state index contributed by atoms with van der Waals surface area (Å²) in [6, 6.07) is 50.5. The summed E-state index contributed by atoms with van der Waals surface area (Å²) in [6.45, 7) is 17.8. The number of phenolic OH excluding ortho intramolecular Hbond substituents is 1. The van der Waals surface area contributed by atoms with E-state index in [1.54, 1.807) is 0 Å². The van der Waals surface area contributed by atoms with Crippen molar-refractivity contribution in [3.8, 4) is 50.5 Å². The summed E-state index contributed by atoms with van der Waals surface area (Å²) >= 11 is 0. The number of phenols is 1. The normalized spacial score (nSPS) is 12.2. The number of hydrogen-bond acceptors (Lipinski definition) is 3. The van der Waals surface area contributed by atoms with E-state index in [1.807, 2.05) is 24.4 Å². The minimum absolute atomic E-state index is 0. The zero-order valence-electron chi connectivity index (χ0n) is 33.4. The molecule has 56 heavy (non-hydrogen) atoms. The molecular formula is C51H48N3OPt-. The van der Waals surface area contributed by atoms with Gasteiger partial charge in [0.25, 0.3) is 0 Å². The SMILES string of the molecule is CC(C)(C)c1ccc(O)c(-c2nc3c(-c4[c-]c(-c5cc(C(C)(C)C)cc6cccnc56)ccc4)cc(-c4ccccc4)cc3n2C(C)(C)c2ccccc2)c1.[Pt]. The molecule has 0 aliphatic heterocycles. The Morgan fingerprint density at radius 2 is 1.16 bits per heavy atom. The van der Waals surface area contributed by atoms with Crippen LogP contribution < -0.4 is 0 Å². The Morgan fingerprint density at radius 3 is 1.82 bits per heavy atom. The molecule has 8 rings (SSSR count). The molecule has 0 atom stereocenters. The quantitative estimate of drug-likeness (QED) is 0.169. The van der Waals surface area contributed by atoms with Gasteiger partial charge in [0.2, 0.25) is 0 Å². The third-order valence-corrected chi connectivity index (χ3v) is 11.0. The predicted octanol–water partition coefficient (Wildman–Crippen LogP) is 13.1. The van der Waals surface area contributed by atoms with E-state index in [-0.39, 0.29) is 37.6 Å². The van der Waals surface area contributed by atoms with Gasteiger partial charge in [-0.15, -0.1) is 35.4 Å². The molecule has 0 saturated carbocycles. The summed E-state index contributed by atoms with van der Waals surface area (Å²) in [5.74, 6) is 0.910. The van der Waals surface area contributed by atoms with Crippen molar-refractivity contribution in [2.75, 3.05) is 0 Å². The van der Waals surface area contributed by atoms with E-state index in [0.29, 0.717) is 11.4 Å². The molecule has 0 fully saturated rings. The smallest absolute Gasteiger partial charge is 0.144 e. The van der Waals surface area contributed by atoms with Gasteiger partial charge >= 0.3 is 0 Å². The number of aromatic hydroxyl groups is 1. The Hall–Kier alpha value is -5.31. The first-order chi connectivity index (χ1) is 26.2. The largest absolute Gasteiger partial charge is 0.507 e. The molecule has 0 unspecified atom stereocenters. The zero-order valence-corrected chi connectivity index (χ0v) is 35.7. The van der Waals surface area contributed by atoms with Crippen LogP contribution in [0.25, 0.3) is 66.7 Å². The van der Waals surface area contributed by atoms with E-state index >= 15 is 0 Å². The van der Waals surface area contributed by atoms with Crippen LogP contribution in [0.15, 0.2) is 140 Å². The second-order valence-corrected chi connectivity index (χ2v) is 17.3. The van der Waals surface area contributed by atoms with E-state index < -0.39 is 5.54 Å². The van der Waals surface area contributed by atoms with Crippen LogP contribution in [0.5, 0.6) is 5.75 Å². The number of pyridine rings is 1. The molecule has 284 valence electrons. The van der Waals surface area contributed by atoms with Crippen LogP contribution in [-0.4, -0.2) is 19.6 Å². The number of hydrogen-bond donors (Lipinski definition) is 1. The van der Waals surface area contributed by atoms with Crippen LogP contribution in [0.4, 0.5) is 0 Å². The maximum Gasteiger partial charge on any atom is 0.144 e. The van der Waals surface area contributed by atoms with E-state index in [2.05, 4.69) is 181 Å². The van der Waals surface area contributed by atoms with Crippen molar-refractivity contribution < 1.29 is 26.2 Å². The maximum atomic E-state index is 11.6. The summed E-state index contributed by atoms with van der Waals surface area (Å²) in [6.07, 6.45) is 1.87. The number of nitrogens with zero attached hydrogens (tertiary/aromatic N) is 3. The molecule has 0 spiro atoms. The van der Waals surface area contributed by atoms with E-state index in [4.69, 9.17) is 9.97 Å². The summed E-state index contributed by atoms with van der Waals surface area (Å²) in [5.41, 5.74) is 12.4. The average Bonchev–Trinajstić information content (AvgIpc) is 3.57. The van der Waals surface area contributed by atoms with Crippen LogP contribution in [0, 0.1) is 6.07 Å². The van der Waals surface area contributed by atoms with Gasteiger partial charge < -0.3 is 9.67 Å². The van der Waals surface area contributed by atoms with Crippen molar-refractivity contribution in [3.05, 3.63) is 162 Å². The number of benzene rings is 6. The van der Waals surface area contributed by atoms with E-state index in [1.165, 1.54) is 5.56 Å². The second kappa shape index (κ2) is 14.6. The monoisotopic (exact) mass is 913 g/mol. The molecule has 8 aromatic rings. The molecule has 0 aliphatic carbocycles. The molecule has 1 N–H and O–H groups in total. The van der Waals surface area contributed by atoms with Crippen molar-refractivity contribution in [2.45, 2.75) is 71.8 Å².